The molecule has 2 amide bonds. The van der Waals surface area contributed by atoms with Crippen LogP contribution in [-0.2, 0) is 5.75 Å². The molecule has 0 aliphatic heterocycles. The van der Waals surface area contributed by atoms with Crippen molar-refractivity contribution in [3.05, 3.63) is 64.2 Å². The Labute approximate surface area is 157 Å². The van der Waals surface area contributed by atoms with Gasteiger partial charge in [-0.3, -0.25) is 9.59 Å². The van der Waals surface area contributed by atoms with Crippen molar-refractivity contribution in [2.75, 3.05) is 18.1 Å². The molecule has 4 nitrogen and oxygen atoms in total. The summed E-state index contributed by atoms with van der Waals surface area (Å²) >= 11 is 7.91. The fraction of sp³-hybridized carbons (Fsp3) is 0.263. The van der Waals surface area contributed by atoms with Crippen LogP contribution in [0.2, 0.25) is 5.02 Å². The predicted octanol–water partition coefficient (Wildman–Crippen LogP) is 4.60. The zero-order valence-electron chi connectivity index (χ0n) is 14.3. The second-order valence-corrected chi connectivity index (χ2v) is 6.81. The van der Waals surface area contributed by atoms with E-state index in [4.69, 9.17) is 11.6 Å². The van der Waals surface area contributed by atoms with Gasteiger partial charge < -0.3 is 10.6 Å². The number of hydrogen-bond donors (Lipinski definition) is 2. The van der Waals surface area contributed by atoms with Crippen LogP contribution in [0.4, 0.5) is 5.69 Å². The van der Waals surface area contributed by atoms with Crippen molar-refractivity contribution in [3.63, 3.8) is 0 Å². The zero-order valence-corrected chi connectivity index (χ0v) is 15.8. The van der Waals surface area contributed by atoms with Crippen molar-refractivity contribution in [2.24, 2.45) is 0 Å². The molecule has 132 valence electrons. The molecule has 0 bridgehead atoms. The van der Waals surface area contributed by atoms with E-state index < -0.39 is 0 Å². The smallest absolute Gasteiger partial charge is 0.255 e. The first kappa shape index (κ1) is 19.3. The van der Waals surface area contributed by atoms with Crippen LogP contribution < -0.4 is 10.6 Å². The van der Waals surface area contributed by atoms with E-state index in [1.54, 1.807) is 42.1 Å². The summed E-state index contributed by atoms with van der Waals surface area (Å²) in [5.41, 5.74) is 2.70. The molecule has 2 rings (SSSR count). The van der Waals surface area contributed by atoms with Gasteiger partial charge in [0.25, 0.3) is 11.8 Å². The number of nitrogens with one attached hydrogen (secondary N) is 2. The molecule has 0 aliphatic carbocycles. The minimum Gasteiger partial charge on any atom is -0.352 e. The molecule has 0 aromatic heterocycles. The van der Waals surface area contributed by atoms with E-state index in [0.29, 0.717) is 28.4 Å². The summed E-state index contributed by atoms with van der Waals surface area (Å²) in [6, 6.07) is 12.4. The van der Waals surface area contributed by atoms with Crippen LogP contribution in [0.15, 0.2) is 42.5 Å². The lowest BCUT2D eigenvalue weighted by Gasteiger charge is -2.09. The van der Waals surface area contributed by atoms with Crippen molar-refractivity contribution >= 4 is 40.9 Å². The summed E-state index contributed by atoms with van der Waals surface area (Å²) in [6.45, 7) is 2.58. The quantitative estimate of drug-likeness (QED) is 0.742. The van der Waals surface area contributed by atoms with Gasteiger partial charge in [0, 0.05) is 23.5 Å². The van der Waals surface area contributed by atoms with E-state index in [-0.39, 0.29) is 11.8 Å². The molecule has 2 N–H and O–H groups in total. The van der Waals surface area contributed by atoms with Crippen LogP contribution in [0.1, 0.15) is 39.6 Å². The summed E-state index contributed by atoms with van der Waals surface area (Å²) < 4.78 is 0. The Kier molecular flexibility index (Phi) is 7.34. The van der Waals surface area contributed by atoms with Gasteiger partial charge in [-0.05, 0) is 48.6 Å². The molecule has 0 aliphatic rings. The summed E-state index contributed by atoms with van der Waals surface area (Å²) in [5, 5.41) is 5.89. The topological polar surface area (TPSA) is 58.2 Å². The van der Waals surface area contributed by atoms with Gasteiger partial charge >= 0.3 is 0 Å². The summed E-state index contributed by atoms with van der Waals surface area (Å²) in [5.74, 6) is 0.489. The molecule has 0 saturated carbocycles. The number of carbonyl (C=O) groups is 2. The van der Waals surface area contributed by atoms with Crippen LogP contribution in [0, 0.1) is 0 Å². The molecular formula is C19H21ClN2O2S. The van der Waals surface area contributed by atoms with Gasteiger partial charge in [-0.1, -0.05) is 30.7 Å². The highest BCUT2D eigenvalue weighted by Crippen LogP contribution is 2.22. The van der Waals surface area contributed by atoms with E-state index in [9.17, 15) is 9.59 Å². The van der Waals surface area contributed by atoms with Crippen LogP contribution in [0.5, 0.6) is 0 Å². The molecule has 0 atom stereocenters. The third-order valence-corrected chi connectivity index (χ3v) is 4.47. The zero-order chi connectivity index (χ0) is 18.2. The number of carbonyl (C=O) groups excluding carboxylic acids is 2. The molecular weight excluding hydrogens is 356 g/mol. The van der Waals surface area contributed by atoms with Gasteiger partial charge in [0.15, 0.2) is 0 Å². The summed E-state index contributed by atoms with van der Waals surface area (Å²) in [6.07, 6.45) is 2.89. The van der Waals surface area contributed by atoms with Crippen LogP contribution in [0.25, 0.3) is 0 Å². The third-order valence-electron chi connectivity index (χ3n) is 3.53. The van der Waals surface area contributed by atoms with Crippen LogP contribution in [-0.4, -0.2) is 24.6 Å². The number of thioether (sulfide) groups is 1. The molecule has 0 spiro atoms. The maximum atomic E-state index is 12.3. The number of rotatable bonds is 7. The Morgan fingerprint density at radius 1 is 1.08 bits per heavy atom. The highest BCUT2D eigenvalue weighted by Gasteiger charge is 2.12. The van der Waals surface area contributed by atoms with Gasteiger partial charge in [-0.15, -0.1) is 0 Å². The number of halogens is 1. The highest BCUT2D eigenvalue weighted by atomic mass is 35.5. The molecule has 2 aromatic rings. The summed E-state index contributed by atoms with van der Waals surface area (Å²) in [4.78, 5) is 24.3. The highest BCUT2D eigenvalue weighted by molar-refractivity contribution is 7.97. The molecule has 0 saturated heterocycles. The molecule has 0 heterocycles. The van der Waals surface area contributed by atoms with Gasteiger partial charge in [0.1, 0.15) is 0 Å². The Bertz CT molecular complexity index is 748. The van der Waals surface area contributed by atoms with E-state index in [1.807, 2.05) is 25.3 Å². The monoisotopic (exact) mass is 376 g/mol. The Hall–Kier alpha value is -1.98. The maximum Gasteiger partial charge on any atom is 0.255 e. The minimum absolute atomic E-state index is 0.213. The molecule has 0 unspecified atom stereocenters. The average molecular weight is 377 g/mol. The Balaban J connectivity index is 2.05. The summed E-state index contributed by atoms with van der Waals surface area (Å²) in [7, 11) is 0. The van der Waals surface area contributed by atoms with Crippen LogP contribution >= 0.6 is 23.4 Å². The molecule has 25 heavy (non-hydrogen) atoms. The Morgan fingerprint density at radius 3 is 2.40 bits per heavy atom. The lowest BCUT2D eigenvalue weighted by Crippen LogP contribution is -2.24. The normalized spacial score (nSPS) is 10.4. The van der Waals surface area contributed by atoms with E-state index in [0.717, 1.165) is 12.2 Å². The van der Waals surface area contributed by atoms with Crippen molar-refractivity contribution in [1.82, 2.24) is 5.32 Å². The Morgan fingerprint density at radius 2 is 1.80 bits per heavy atom. The average Bonchev–Trinajstić information content (AvgIpc) is 2.60. The van der Waals surface area contributed by atoms with E-state index in [2.05, 4.69) is 10.6 Å². The van der Waals surface area contributed by atoms with Crippen molar-refractivity contribution < 1.29 is 9.59 Å². The van der Waals surface area contributed by atoms with Gasteiger partial charge in [0.05, 0.1) is 10.6 Å². The van der Waals surface area contributed by atoms with E-state index >= 15 is 0 Å². The standard InChI is InChI=1S/C19H21ClN2O2S/c1-3-10-21-19(24)16-9-8-15(11-17(16)20)22-18(23)14-6-4-13(5-7-14)12-25-2/h4-9,11H,3,10,12H2,1-2H3,(H,21,24)(H,22,23). The maximum absolute atomic E-state index is 12.3. The second-order valence-electron chi connectivity index (χ2n) is 5.53. The van der Waals surface area contributed by atoms with E-state index in [1.165, 1.54) is 5.56 Å². The van der Waals surface area contributed by atoms with Crippen LogP contribution in [0.3, 0.4) is 0 Å². The number of benzene rings is 2. The van der Waals surface area contributed by atoms with Crippen molar-refractivity contribution in [2.45, 2.75) is 19.1 Å². The second kappa shape index (κ2) is 9.49. The molecule has 0 fully saturated rings. The first-order chi connectivity index (χ1) is 12.0. The fourth-order valence-electron chi connectivity index (χ4n) is 2.23. The minimum atomic E-state index is -0.214. The van der Waals surface area contributed by atoms with Crippen molar-refractivity contribution in [3.8, 4) is 0 Å². The third kappa shape index (κ3) is 5.51. The predicted molar refractivity (Wildman–Crippen MR) is 106 cm³/mol. The lowest BCUT2D eigenvalue weighted by atomic mass is 10.1. The van der Waals surface area contributed by atoms with Gasteiger partial charge in [-0.2, -0.15) is 11.8 Å². The lowest BCUT2D eigenvalue weighted by molar-refractivity contribution is 0.0953. The molecule has 0 radical (unpaired) electrons. The molecule has 6 heteroatoms. The molecule has 2 aromatic carbocycles. The SMILES string of the molecule is CCCNC(=O)c1ccc(NC(=O)c2ccc(CSC)cc2)cc1Cl. The van der Waals surface area contributed by atoms with Gasteiger partial charge in [-0.25, -0.2) is 0 Å². The fourth-order valence-corrected chi connectivity index (χ4v) is 3.03. The van der Waals surface area contributed by atoms with Gasteiger partial charge in [0.2, 0.25) is 0 Å². The first-order valence-electron chi connectivity index (χ1n) is 8.02. The number of anilines is 1. The number of amides is 2. The largest absolute Gasteiger partial charge is 0.352 e. The number of hydrogen-bond acceptors (Lipinski definition) is 3. The van der Waals surface area contributed by atoms with Crippen molar-refractivity contribution in [1.29, 1.82) is 0 Å². The first-order valence-corrected chi connectivity index (χ1v) is 9.79.